The van der Waals surface area contributed by atoms with E-state index in [1.807, 2.05) is 38.4 Å². The molecule has 0 radical (unpaired) electrons. The summed E-state index contributed by atoms with van der Waals surface area (Å²) in [6.07, 6.45) is 7.08. The third-order valence-electron chi connectivity index (χ3n) is 4.62. The topological polar surface area (TPSA) is 97.3 Å². The smallest absolute Gasteiger partial charge is 0.244 e. The summed E-state index contributed by atoms with van der Waals surface area (Å²) >= 11 is 1.59. The molecule has 1 amide bonds. The zero-order valence-electron chi connectivity index (χ0n) is 16.8. The van der Waals surface area contributed by atoms with Crippen LogP contribution in [0.4, 0.5) is 11.5 Å². The minimum Gasteiger partial charge on any atom is -0.399 e. The summed E-state index contributed by atoms with van der Waals surface area (Å²) in [4.78, 5) is 18.6. The number of benzene rings is 1. The summed E-state index contributed by atoms with van der Waals surface area (Å²) in [6.45, 7) is 1.70. The minimum atomic E-state index is -0.102. The molecule has 2 aromatic heterocycles. The van der Waals surface area contributed by atoms with Crippen LogP contribution in [0.5, 0.6) is 0 Å². The van der Waals surface area contributed by atoms with Crippen LogP contribution in [0.3, 0.4) is 0 Å². The predicted octanol–water partition coefficient (Wildman–Crippen LogP) is 3.60. The van der Waals surface area contributed by atoms with Crippen LogP contribution in [0.25, 0.3) is 27.3 Å². The number of nitrogens with one attached hydrogen (secondary N) is 1. The van der Waals surface area contributed by atoms with Crippen LogP contribution in [0.15, 0.2) is 41.9 Å². The molecular weight excluding hydrogens is 382 g/mol. The average molecular weight is 410 g/mol. The van der Waals surface area contributed by atoms with Crippen molar-refractivity contribution in [3.63, 3.8) is 0 Å². The summed E-state index contributed by atoms with van der Waals surface area (Å²) in [5.74, 6) is 0.380. The van der Waals surface area contributed by atoms with Gasteiger partial charge in [0.2, 0.25) is 5.91 Å². The Bertz CT molecular complexity index is 1010. The second-order valence-electron chi connectivity index (χ2n) is 7.21. The van der Waals surface area contributed by atoms with Gasteiger partial charge in [-0.2, -0.15) is 0 Å². The third kappa shape index (κ3) is 5.34. The molecule has 0 spiro atoms. The molecule has 0 fully saturated rings. The summed E-state index contributed by atoms with van der Waals surface area (Å²) in [5, 5.41) is 5.90. The lowest BCUT2D eigenvalue weighted by atomic mass is 10.0. The van der Waals surface area contributed by atoms with E-state index < -0.39 is 0 Å². The van der Waals surface area contributed by atoms with Crippen LogP contribution < -0.4 is 16.8 Å². The fourth-order valence-electron chi connectivity index (χ4n) is 3.07. The highest BCUT2D eigenvalue weighted by atomic mass is 32.1. The Morgan fingerprint density at radius 1 is 1.21 bits per heavy atom. The monoisotopic (exact) mass is 409 g/mol. The molecule has 0 aliphatic carbocycles. The van der Waals surface area contributed by atoms with E-state index in [0.717, 1.165) is 51.9 Å². The number of unbranched alkanes of at least 4 members (excludes halogenated alkanes) is 1. The fraction of sp³-hybridized carbons (Fsp3) is 0.273. The Kier molecular flexibility index (Phi) is 6.85. The van der Waals surface area contributed by atoms with Gasteiger partial charge in [0.1, 0.15) is 5.82 Å². The van der Waals surface area contributed by atoms with Crippen molar-refractivity contribution in [2.24, 2.45) is 0 Å². The lowest BCUT2D eigenvalue weighted by Gasteiger charge is -2.08. The Hall–Kier alpha value is -2.90. The van der Waals surface area contributed by atoms with Gasteiger partial charge in [0, 0.05) is 45.7 Å². The quantitative estimate of drug-likeness (QED) is 0.300. The van der Waals surface area contributed by atoms with Crippen molar-refractivity contribution in [2.45, 2.75) is 12.8 Å². The number of pyridine rings is 1. The number of hydrogen-bond acceptors (Lipinski definition) is 6. The summed E-state index contributed by atoms with van der Waals surface area (Å²) < 4.78 is 1.01. The molecule has 3 rings (SSSR count). The molecule has 6 nitrogen and oxygen atoms in total. The second kappa shape index (κ2) is 9.54. The molecule has 29 heavy (non-hydrogen) atoms. The van der Waals surface area contributed by atoms with Crippen LogP contribution >= 0.6 is 11.3 Å². The van der Waals surface area contributed by atoms with Gasteiger partial charge in [0.15, 0.2) is 0 Å². The van der Waals surface area contributed by atoms with Gasteiger partial charge in [-0.15, -0.1) is 11.3 Å². The number of fused-ring (bicyclic) bond motifs is 1. The van der Waals surface area contributed by atoms with Crippen molar-refractivity contribution in [2.75, 3.05) is 38.7 Å². The van der Waals surface area contributed by atoms with Gasteiger partial charge in [0.25, 0.3) is 0 Å². The first-order chi connectivity index (χ1) is 14.0. The maximum atomic E-state index is 12.1. The van der Waals surface area contributed by atoms with Gasteiger partial charge in [-0.3, -0.25) is 4.79 Å². The highest BCUT2D eigenvalue weighted by molar-refractivity contribution is 7.18. The first-order valence-corrected chi connectivity index (χ1v) is 10.5. The van der Waals surface area contributed by atoms with Gasteiger partial charge in [-0.25, -0.2) is 4.98 Å². The summed E-state index contributed by atoms with van der Waals surface area (Å²) in [5.41, 5.74) is 15.6. The Morgan fingerprint density at radius 2 is 1.97 bits per heavy atom. The number of hydrogen-bond donors (Lipinski definition) is 3. The molecule has 0 atom stereocenters. The molecule has 0 saturated carbocycles. The second-order valence-corrected chi connectivity index (χ2v) is 8.09. The minimum absolute atomic E-state index is 0.102. The molecule has 1 aromatic carbocycles. The fourth-order valence-corrected chi connectivity index (χ4v) is 4.15. The van der Waals surface area contributed by atoms with Crippen molar-refractivity contribution >= 4 is 44.9 Å². The number of anilines is 2. The number of nitrogen functional groups attached to an aromatic ring is 2. The van der Waals surface area contributed by atoms with Crippen molar-refractivity contribution in [3.05, 3.63) is 47.5 Å². The van der Waals surface area contributed by atoms with Crippen molar-refractivity contribution in [3.8, 4) is 11.1 Å². The Balaban J connectivity index is 1.73. The van der Waals surface area contributed by atoms with Crippen LogP contribution in [-0.4, -0.2) is 43.0 Å². The van der Waals surface area contributed by atoms with Crippen molar-refractivity contribution in [1.82, 2.24) is 15.2 Å². The normalized spacial score (nSPS) is 11.6. The number of carbonyl (C=O) groups is 1. The van der Waals surface area contributed by atoms with E-state index >= 15 is 0 Å². The molecule has 0 unspecified atom stereocenters. The Morgan fingerprint density at radius 3 is 2.69 bits per heavy atom. The highest BCUT2D eigenvalue weighted by Gasteiger charge is 2.13. The van der Waals surface area contributed by atoms with Gasteiger partial charge < -0.3 is 21.7 Å². The molecule has 5 N–H and O–H groups in total. The lowest BCUT2D eigenvalue weighted by molar-refractivity contribution is -0.116. The maximum absolute atomic E-state index is 12.1. The first-order valence-electron chi connectivity index (χ1n) is 9.58. The van der Waals surface area contributed by atoms with E-state index in [2.05, 4.69) is 20.6 Å². The number of aromatic nitrogens is 1. The average Bonchev–Trinajstić information content (AvgIpc) is 3.14. The van der Waals surface area contributed by atoms with Gasteiger partial charge >= 0.3 is 0 Å². The zero-order chi connectivity index (χ0) is 20.8. The van der Waals surface area contributed by atoms with E-state index in [0.29, 0.717) is 12.4 Å². The van der Waals surface area contributed by atoms with Gasteiger partial charge in [-0.05, 0) is 62.6 Å². The lowest BCUT2D eigenvalue weighted by Crippen LogP contribution is -2.23. The number of nitrogens with zero attached hydrogens (tertiary/aromatic N) is 2. The largest absolute Gasteiger partial charge is 0.399 e. The predicted molar refractivity (Wildman–Crippen MR) is 124 cm³/mol. The van der Waals surface area contributed by atoms with Gasteiger partial charge in [0.05, 0.1) is 0 Å². The molecular formula is C22H27N5OS. The van der Waals surface area contributed by atoms with E-state index in [9.17, 15) is 4.79 Å². The molecule has 0 aliphatic rings. The van der Waals surface area contributed by atoms with E-state index in [1.54, 1.807) is 29.7 Å². The van der Waals surface area contributed by atoms with Crippen LogP contribution in [0.1, 0.15) is 18.4 Å². The van der Waals surface area contributed by atoms with E-state index in [4.69, 9.17) is 11.5 Å². The van der Waals surface area contributed by atoms with E-state index in [-0.39, 0.29) is 5.91 Å². The molecule has 0 bridgehead atoms. The van der Waals surface area contributed by atoms with Gasteiger partial charge in [-0.1, -0.05) is 12.1 Å². The zero-order valence-corrected chi connectivity index (χ0v) is 17.6. The van der Waals surface area contributed by atoms with Crippen LogP contribution in [0, 0.1) is 0 Å². The SMILES string of the molecule is CN(C)CCCCNC(=O)C=Cc1cnc(N)c2c(-c3ccc(N)cc3)csc12. The third-order valence-corrected chi connectivity index (χ3v) is 5.65. The molecule has 0 saturated heterocycles. The maximum Gasteiger partial charge on any atom is 0.244 e. The molecule has 7 heteroatoms. The number of carbonyl (C=O) groups excluding carboxylic acids is 1. The van der Waals surface area contributed by atoms with Crippen LogP contribution in [0.2, 0.25) is 0 Å². The highest BCUT2D eigenvalue weighted by Crippen LogP contribution is 2.38. The molecule has 0 aliphatic heterocycles. The first kappa shape index (κ1) is 20.8. The number of rotatable bonds is 8. The standard InChI is InChI=1S/C22H27N5OS/c1-27(2)12-4-3-11-25-19(28)10-7-16-13-26-22(24)20-18(14-29-21(16)20)15-5-8-17(23)9-6-15/h5-10,13-14H,3-4,11-12,23H2,1-2H3,(H2,24,26)(H,25,28). The van der Waals surface area contributed by atoms with Crippen LogP contribution in [-0.2, 0) is 4.79 Å². The number of thiophene rings is 1. The van der Waals surface area contributed by atoms with Crippen molar-refractivity contribution < 1.29 is 4.79 Å². The van der Waals surface area contributed by atoms with Crippen molar-refractivity contribution in [1.29, 1.82) is 0 Å². The number of nitrogens with two attached hydrogens (primary N) is 2. The summed E-state index contributed by atoms with van der Waals surface area (Å²) in [7, 11) is 4.10. The van der Waals surface area contributed by atoms with E-state index in [1.165, 1.54) is 0 Å². The molecule has 152 valence electrons. The Labute approximate surface area is 175 Å². The molecule has 3 aromatic rings. The number of amides is 1. The summed E-state index contributed by atoms with van der Waals surface area (Å²) in [6, 6.07) is 7.69. The molecule has 2 heterocycles.